The standard InChI is InChI=1S/C13H16N4/c1-17(13-6-7-15-10-16-13)9-12-4-2-11(8-14)3-5-12/h2-7,10H,8-9,14H2,1H3. The number of hydrogen-bond donors (Lipinski definition) is 1. The molecule has 2 N–H and O–H groups in total. The predicted octanol–water partition coefficient (Wildman–Crippen LogP) is 1.57. The molecule has 0 saturated carbocycles. The molecule has 2 rings (SSSR count). The quantitative estimate of drug-likeness (QED) is 0.863. The van der Waals surface area contributed by atoms with Gasteiger partial charge >= 0.3 is 0 Å². The molecule has 0 fully saturated rings. The predicted molar refractivity (Wildman–Crippen MR) is 68.5 cm³/mol. The molecule has 4 nitrogen and oxygen atoms in total. The summed E-state index contributed by atoms with van der Waals surface area (Å²) in [6.45, 7) is 1.41. The van der Waals surface area contributed by atoms with E-state index >= 15 is 0 Å². The molecule has 0 amide bonds. The molecule has 0 saturated heterocycles. The van der Waals surface area contributed by atoms with E-state index < -0.39 is 0 Å². The molecule has 0 aliphatic heterocycles. The maximum atomic E-state index is 5.56. The largest absolute Gasteiger partial charge is 0.355 e. The first-order chi connectivity index (χ1) is 8.29. The fraction of sp³-hybridized carbons (Fsp3) is 0.231. The molecular formula is C13H16N4. The Labute approximate surface area is 101 Å². The maximum Gasteiger partial charge on any atom is 0.131 e. The topological polar surface area (TPSA) is 55.0 Å². The van der Waals surface area contributed by atoms with Crippen LogP contribution in [0.3, 0.4) is 0 Å². The molecule has 17 heavy (non-hydrogen) atoms. The van der Waals surface area contributed by atoms with Gasteiger partial charge in [-0.2, -0.15) is 0 Å². The van der Waals surface area contributed by atoms with Crippen molar-refractivity contribution >= 4 is 5.82 Å². The van der Waals surface area contributed by atoms with Gasteiger partial charge in [0.15, 0.2) is 0 Å². The molecule has 0 bridgehead atoms. The molecule has 4 heteroatoms. The van der Waals surface area contributed by atoms with Crippen LogP contribution in [-0.4, -0.2) is 17.0 Å². The third-order valence-electron chi connectivity index (χ3n) is 2.64. The summed E-state index contributed by atoms with van der Waals surface area (Å²) in [6.07, 6.45) is 3.31. The molecule has 88 valence electrons. The smallest absolute Gasteiger partial charge is 0.131 e. The highest BCUT2D eigenvalue weighted by atomic mass is 15.2. The van der Waals surface area contributed by atoms with Crippen LogP contribution < -0.4 is 10.6 Å². The average molecular weight is 228 g/mol. The van der Waals surface area contributed by atoms with Gasteiger partial charge in [-0.05, 0) is 17.2 Å². The lowest BCUT2D eigenvalue weighted by molar-refractivity contribution is 0.889. The van der Waals surface area contributed by atoms with Gasteiger partial charge in [0.25, 0.3) is 0 Å². The van der Waals surface area contributed by atoms with E-state index in [2.05, 4.69) is 39.1 Å². The number of benzene rings is 1. The van der Waals surface area contributed by atoms with Gasteiger partial charge < -0.3 is 10.6 Å². The van der Waals surface area contributed by atoms with Gasteiger partial charge in [0.05, 0.1) is 0 Å². The number of aromatic nitrogens is 2. The van der Waals surface area contributed by atoms with Crippen molar-refractivity contribution in [3.05, 3.63) is 54.0 Å². The average Bonchev–Trinajstić information content (AvgIpc) is 2.40. The summed E-state index contributed by atoms with van der Waals surface area (Å²) in [7, 11) is 2.01. The lowest BCUT2D eigenvalue weighted by Gasteiger charge is -2.17. The van der Waals surface area contributed by atoms with E-state index in [0.717, 1.165) is 17.9 Å². The molecule has 1 aromatic heterocycles. The Morgan fingerprint density at radius 1 is 1.12 bits per heavy atom. The van der Waals surface area contributed by atoms with Gasteiger partial charge in [-0.3, -0.25) is 0 Å². The fourth-order valence-electron chi connectivity index (χ4n) is 1.65. The third-order valence-corrected chi connectivity index (χ3v) is 2.64. The van der Waals surface area contributed by atoms with Gasteiger partial charge in [-0.25, -0.2) is 9.97 Å². The summed E-state index contributed by atoms with van der Waals surface area (Å²) >= 11 is 0. The highest BCUT2D eigenvalue weighted by Crippen LogP contribution is 2.11. The highest BCUT2D eigenvalue weighted by molar-refractivity contribution is 5.37. The second-order valence-corrected chi connectivity index (χ2v) is 3.94. The molecule has 0 spiro atoms. The number of rotatable bonds is 4. The highest BCUT2D eigenvalue weighted by Gasteiger charge is 2.02. The van der Waals surface area contributed by atoms with E-state index in [1.165, 1.54) is 5.56 Å². The van der Waals surface area contributed by atoms with Crippen molar-refractivity contribution in [2.24, 2.45) is 5.73 Å². The summed E-state index contributed by atoms with van der Waals surface area (Å²) in [4.78, 5) is 10.2. The summed E-state index contributed by atoms with van der Waals surface area (Å²) < 4.78 is 0. The molecule has 0 aliphatic rings. The minimum absolute atomic E-state index is 0.585. The Bertz CT molecular complexity index is 453. The Kier molecular flexibility index (Phi) is 3.67. The Balaban J connectivity index is 2.05. The van der Waals surface area contributed by atoms with Crippen LogP contribution in [-0.2, 0) is 13.1 Å². The molecule has 2 aromatic rings. The second kappa shape index (κ2) is 5.41. The van der Waals surface area contributed by atoms with Crippen molar-refractivity contribution in [1.29, 1.82) is 0 Å². The van der Waals surface area contributed by atoms with Gasteiger partial charge in [-0.1, -0.05) is 24.3 Å². The van der Waals surface area contributed by atoms with Gasteiger partial charge in [0.2, 0.25) is 0 Å². The van der Waals surface area contributed by atoms with Crippen molar-refractivity contribution in [3.8, 4) is 0 Å². The van der Waals surface area contributed by atoms with Crippen molar-refractivity contribution < 1.29 is 0 Å². The fourth-order valence-corrected chi connectivity index (χ4v) is 1.65. The normalized spacial score (nSPS) is 10.2. The summed E-state index contributed by atoms with van der Waals surface area (Å²) in [6, 6.07) is 10.2. The Morgan fingerprint density at radius 2 is 1.82 bits per heavy atom. The van der Waals surface area contributed by atoms with E-state index in [1.54, 1.807) is 12.5 Å². The molecule has 0 unspecified atom stereocenters. The van der Waals surface area contributed by atoms with Crippen molar-refractivity contribution in [2.45, 2.75) is 13.1 Å². The maximum absolute atomic E-state index is 5.56. The monoisotopic (exact) mass is 228 g/mol. The number of hydrogen-bond acceptors (Lipinski definition) is 4. The van der Waals surface area contributed by atoms with Gasteiger partial charge in [0, 0.05) is 26.3 Å². The third kappa shape index (κ3) is 3.01. The van der Waals surface area contributed by atoms with Gasteiger partial charge in [0.1, 0.15) is 12.1 Å². The Hall–Kier alpha value is -1.94. The van der Waals surface area contributed by atoms with E-state index in [1.807, 2.05) is 13.1 Å². The van der Waals surface area contributed by atoms with Crippen molar-refractivity contribution in [1.82, 2.24) is 9.97 Å². The van der Waals surface area contributed by atoms with Crippen molar-refractivity contribution in [3.63, 3.8) is 0 Å². The number of nitrogens with two attached hydrogens (primary N) is 1. The van der Waals surface area contributed by atoms with Crippen LogP contribution in [0.2, 0.25) is 0 Å². The van der Waals surface area contributed by atoms with Crippen LogP contribution in [0.5, 0.6) is 0 Å². The zero-order valence-corrected chi connectivity index (χ0v) is 9.87. The minimum atomic E-state index is 0.585. The van der Waals surface area contributed by atoms with Crippen LogP contribution >= 0.6 is 0 Å². The van der Waals surface area contributed by atoms with Crippen LogP contribution in [0.4, 0.5) is 5.82 Å². The van der Waals surface area contributed by atoms with Crippen LogP contribution in [0.25, 0.3) is 0 Å². The van der Waals surface area contributed by atoms with E-state index in [-0.39, 0.29) is 0 Å². The molecular weight excluding hydrogens is 212 g/mol. The van der Waals surface area contributed by atoms with Crippen molar-refractivity contribution in [2.75, 3.05) is 11.9 Å². The number of nitrogens with zero attached hydrogens (tertiary/aromatic N) is 3. The molecule has 0 radical (unpaired) electrons. The van der Waals surface area contributed by atoms with E-state index in [0.29, 0.717) is 6.54 Å². The van der Waals surface area contributed by atoms with E-state index in [9.17, 15) is 0 Å². The van der Waals surface area contributed by atoms with E-state index in [4.69, 9.17) is 5.73 Å². The second-order valence-electron chi connectivity index (χ2n) is 3.94. The lowest BCUT2D eigenvalue weighted by Crippen LogP contribution is -2.17. The first-order valence-corrected chi connectivity index (χ1v) is 5.54. The molecule has 1 heterocycles. The summed E-state index contributed by atoms with van der Waals surface area (Å²) in [5, 5.41) is 0. The molecule has 0 aliphatic carbocycles. The zero-order valence-electron chi connectivity index (χ0n) is 9.87. The molecule has 1 aromatic carbocycles. The first-order valence-electron chi connectivity index (χ1n) is 5.54. The zero-order chi connectivity index (χ0) is 12.1. The summed E-state index contributed by atoms with van der Waals surface area (Å²) in [5.74, 6) is 0.919. The van der Waals surface area contributed by atoms with Crippen LogP contribution in [0.15, 0.2) is 42.9 Å². The van der Waals surface area contributed by atoms with Crippen LogP contribution in [0, 0.1) is 0 Å². The summed E-state index contributed by atoms with van der Waals surface area (Å²) in [5.41, 5.74) is 7.96. The lowest BCUT2D eigenvalue weighted by atomic mass is 10.1. The van der Waals surface area contributed by atoms with Crippen LogP contribution in [0.1, 0.15) is 11.1 Å². The number of anilines is 1. The van der Waals surface area contributed by atoms with Gasteiger partial charge in [-0.15, -0.1) is 0 Å². The minimum Gasteiger partial charge on any atom is -0.355 e. The SMILES string of the molecule is CN(Cc1ccc(CN)cc1)c1ccncn1. The first kappa shape index (κ1) is 11.5. The molecule has 0 atom stereocenters. The Morgan fingerprint density at radius 3 is 2.41 bits per heavy atom.